The molecule has 3 amide bonds. The van der Waals surface area contributed by atoms with Crippen molar-refractivity contribution in [3.05, 3.63) is 90.0 Å². The number of benzene rings is 3. The van der Waals surface area contributed by atoms with Gasteiger partial charge in [0, 0.05) is 24.2 Å². The lowest BCUT2D eigenvalue weighted by molar-refractivity contribution is -0.123. The first-order chi connectivity index (χ1) is 16.6. The van der Waals surface area contributed by atoms with E-state index in [0.717, 1.165) is 17.7 Å². The van der Waals surface area contributed by atoms with Crippen molar-refractivity contribution in [1.29, 1.82) is 0 Å². The highest BCUT2D eigenvalue weighted by atomic mass is 16.5. The average molecular weight is 460 g/mol. The van der Waals surface area contributed by atoms with Crippen molar-refractivity contribution in [2.75, 3.05) is 18.1 Å². The normalized spacial score (nSPS) is 12.8. The van der Waals surface area contributed by atoms with Crippen molar-refractivity contribution >= 4 is 23.4 Å². The van der Waals surface area contributed by atoms with Crippen LogP contribution in [0, 0.1) is 0 Å². The molecule has 0 bridgehead atoms. The number of nitrogens with one attached hydrogen (secondary N) is 2. The SMILES string of the molecule is O=C(COc1ccc(OCc2ccccc2)cc1)NNC(=O)c1ccc(N2CCCC2=O)cc1. The predicted molar refractivity (Wildman–Crippen MR) is 126 cm³/mol. The highest BCUT2D eigenvalue weighted by molar-refractivity contribution is 5.98. The molecule has 3 aromatic carbocycles. The van der Waals surface area contributed by atoms with Crippen LogP contribution in [0.15, 0.2) is 78.9 Å². The molecule has 34 heavy (non-hydrogen) atoms. The second kappa shape index (κ2) is 11.0. The maximum absolute atomic E-state index is 12.3. The first-order valence-electron chi connectivity index (χ1n) is 11.0. The summed E-state index contributed by atoms with van der Waals surface area (Å²) in [5, 5.41) is 0. The van der Waals surface area contributed by atoms with E-state index in [0.29, 0.717) is 36.6 Å². The number of amides is 3. The first-order valence-corrected chi connectivity index (χ1v) is 11.0. The summed E-state index contributed by atoms with van der Waals surface area (Å²) in [7, 11) is 0. The molecule has 0 aromatic heterocycles. The predicted octanol–water partition coefficient (Wildman–Crippen LogP) is 3.23. The largest absolute Gasteiger partial charge is 0.489 e. The second-order valence-electron chi connectivity index (χ2n) is 7.73. The van der Waals surface area contributed by atoms with Gasteiger partial charge in [-0.05, 0) is 60.5 Å². The number of ether oxygens (including phenoxy) is 2. The van der Waals surface area contributed by atoms with Gasteiger partial charge in [0.25, 0.3) is 11.8 Å². The molecular formula is C26H25N3O5. The Hall–Kier alpha value is -4.33. The molecule has 0 saturated carbocycles. The molecule has 0 atom stereocenters. The standard InChI is InChI=1S/C26H25N3O5/c30-24(18-34-23-14-12-22(13-15-23)33-17-19-5-2-1-3-6-19)27-28-26(32)20-8-10-21(11-9-20)29-16-4-7-25(29)31/h1-3,5-6,8-15H,4,7,16-18H2,(H,27,30)(H,28,32). The Morgan fingerprint density at radius 2 is 1.50 bits per heavy atom. The van der Waals surface area contributed by atoms with E-state index in [4.69, 9.17) is 9.47 Å². The molecule has 4 rings (SSSR count). The molecular weight excluding hydrogens is 434 g/mol. The summed E-state index contributed by atoms with van der Waals surface area (Å²) < 4.78 is 11.2. The van der Waals surface area contributed by atoms with E-state index >= 15 is 0 Å². The Morgan fingerprint density at radius 3 is 2.15 bits per heavy atom. The molecule has 0 unspecified atom stereocenters. The van der Waals surface area contributed by atoms with E-state index in [2.05, 4.69) is 10.9 Å². The number of anilines is 1. The van der Waals surface area contributed by atoms with Crippen LogP contribution >= 0.6 is 0 Å². The van der Waals surface area contributed by atoms with Gasteiger partial charge in [-0.2, -0.15) is 0 Å². The van der Waals surface area contributed by atoms with E-state index in [9.17, 15) is 14.4 Å². The van der Waals surface area contributed by atoms with Crippen LogP contribution in [0.2, 0.25) is 0 Å². The van der Waals surface area contributed by atoms with Crippen LogP contribution in [0.4, 0.5) is 5.69 Å². The van der Waals surface area contributed by atoms with Crippen LogP contribution in [0.5, 0.6) is 11.5 Å². The van der Waals surface area contributed by atoms with Gasteiger partial charge in [0.05, 0.1) is 0 Å². The highest BCUT2D eigenvalue weighted by Gasteiger charge is 2.21. The van der Waals surface area contributed by atoms with Gasteiger partial charge in [0.2, 0.25) is 5.91 Å². The molecule has 2 N–H and O–H groups in total. The van der Waals surface area contributed by atoms with Gasteiger partial charge in [-0.15, -0.1) is 0 Å². The first kappa shape index (κ1) is 22.8. The maximum Gasteiger partial charge on any atom is 0.276 e. The smallest absolute Gasteiger partial charge is 0.276 e. The fourth-order valence-corrected chi connectivity index (χ4v) is 3.47. The fraction of sp³-hybridized carbons (Fsp3) is 0.192. The lowest BCUT2D eigenvalue weighted by atomic mass is 10.2. The van der Waals surface area contributed by atoms with Gasteiger partial charge in [-0.25, -0.2) is 0 Å². The zero-order valence-electron chi connectivity index (χ0n) is 18.5. The molecule has 1 aliphatic heterocycles. The van der Waals surface area contributed by atoms with Crippen molar-refractivity contribution in [3.63, 3.8) is 0 Å². The third kappa shape index (κ3) is 6.13. The van der Waals surface area contributed by atoms with Crippen LogP contribution in [-0.2, 0) is 16.2 Å². The maximum atomic E-state index is 12.3. The zero-order chi connectivity index (χ0) is 23.8. The minimum absolute atomic E-state index is 0.0822. The Kier molecular flexibility index (Phi) is 7.39. The Balaban J connectivity index is 1.18. The topological polar surface area (TPSA) is 97.0 Å². The summed E-state index contributed by atoms with van der Waals surface area (Å²) in [6.45, 7) is 0.882. The molecule has 3 aromatic rings. The molecule has 1 fully saturated rings. The number of carbonyl (C=O) groups excluding carboxylic acids is 3. The molecule has 174 valence electrons. The summed E-state index contributed by atoms with van der Waals surface area (Å²) >= 11 is 0. The lowest BCUT2D eigenvalue weighted by Gasteiger charge is -2.16. The van der Waals surface area contributed by atoms with E-state index in [1.807, 2.05) is 30.3 Å². The number of hydrogen-bond donors (Lipinski definition) is 2. The van der Waals surface area contributed by atoms with Crippen LogP contribution in [0.3, 0.4) is 0 Å². The molecule has 0 aliphatic carbocycles. The van der Waals surface area contributed by atoms with Crippen molar-refractivity contribution in [1.82, 2.24) is 10.9 Å². The monoisotopic (exact) mass is 459 g/mol. The minimum Gasteiger partial charge on any atom is -0.489 e. The minimum atomic E-state index is -0.503. The summed E-state index contributed by atoms with van der Waals surface area (Å²) in [5.41, 5.74) is 6.87. The lowest BCUT2D eigenvalue weighted by Crippen LogP contribution is -2.43. The summed E-state index contributed by atoms with van der Waals surface area (Å²) in [4.78, 5) is 37.8. The number of rotatable bonds is 8. The van der Waals surface area contributed by atoms with E-state index in [-0.39, 0.29) is 12.5 Å². The molecule has 1 aliphatic rings. The average Bonchev–Trinajstić information content (AvgIpc) is 3.32. The van der Waals surface area contributed by atoms with Gasteiger partial charge >= 0.3 is 0 Å². The van der Waals surface area contributed by atoms with Crippen molar-refractivity contribution < 1.29 is 23.9 Å². The van der Waals surface area contributed by atoms with Gasteiger partial charge in [-0.1, -0.05) is 30.3 Å². The van der Waals surface area contributed by atoms with Crippen LogP contribution in [0.25, 0.3) is 0 Å². The number of nitrogens with zero attached hydrogens (tertiary/aromatic N) is 1. The van der Waals surface area contributed by atoms with Crippen molar-refractivity contribution in [2.45, 2.75) is 19.4 Å². The molecule has 8 nitrogen and oxygen atoms in total. The Labute approximate surface area is 197 Å². The van der Waals surface area contributed by atoms with Gasteiger partial charge in [0.1, 0.15) is 18.1 Å². The summed E-state index contributed by atoms with van der Waals surface area (Å²) in [5.74, 6) is 0.303. The van der Waals surface area contributed by atoms with Gasteiger partial charge < -0.3 is 14.4 Å². The number of hydrogen-bond acceptors (Lipinski definition) is 5. The highest BCUT2D eigenvalue weighted by Crippen LogP contribution is 2.21. The van der Waals surface area contributed by atoms with Gasteiger partial charge in [-0.3, -0.25) is 25.2 Å². The van der Waals surface area contributed by atoms with Crippen LogP contribution in [-0.4, -0.2) is 30.9 Å². The third-order valence-corrected chi connectivity index (χ3v) is 5.27. The molecule has 8 heteroatoms. The fourth-order valence-electron chi connectivity index (χ4n) is 3.47. The van der Waals surface area contributed by atoms with Gasteiger partial charge in [0.15, 0.2) is 6.61 Å². The molecule has 0 radical (unpaired) electrons. The quantitative estimate of drug-likeness (QED) is 0.504. The number of hydrazine groups is 1. The van der Waals surface area contributed by atoms with Crippen molar-refractivity contribution in [2.24, 2.45) is 0 Å². The molecule has 1 heterocycles. The molecule has 1 saturated heterocycles. The molecule has 0 spiro atoms. The van der Waals surface area contributed by atoms with E-state index in [1.54, 1.807) is 53.4 Å². The Morgan fingerprint density at radius 1 is 0.824 bits per heavy atom. The summed E-state index contributed by atoms with van der Waals surface area (Å²) in [6, 6.07) is 23.4. The number of carbonyl (C=O) groups is 3. The third-order valence-electron chi connectivity index (χ3n) is 5.27. The Bertz CT molecular complexity index is 1130. The van der Waals surface area contributed by atoms with E-state index in [1.165, 1.54) is 0 Å². The van der Waals surface area contributed by atoms with Crippen LogP contribution < -0.4 is 25.2 Å². The van der Waals surface area contributed by atoms with E-state index < -0.39 is 11.8 Å². The van der Waals surface area contributed by atoms with Crippen LogP contribution in [0.1, 0.15) is 28.8 Å². The van der Waals surface area contributed by atoms with Crippen molar-refractivity contribution in [3.8, 4) is 11.5 Å². The second-order valence-corrected chi connectivity index (χ2v) is 7.73. The zero-order valence-corrected chi connectivity index (χ0v) is 18.5. The summed E-state index contributed by atoms with van der Waals surface area (Å²) in [6.07, 6.45) is 1.38.